The molecule has 1 fully saturated rings. The zero-order valence-electron chi connectivity index (χ0n) is 18.7. The molecular weight excluding hydrogens is 368 g/mol. The third-order valence-electron chi connectivity index (χ3n) is 5.03. The van der Waals surface area contributed by atoms with Crippen LogP contribution in [0.15, 0.2) is 23.2 Å². The van der Waals surface area contributed by atoms with Crippen molar-refractivity contribution in [3.05, 3.63) is 23.8 Å². The van der Waals surface area contributed by atoms with Crippen LogP contribution < -0.4 is 20.1 Å². The number of nitrogens with one attached hydrogen (secondary N) is 2. The summed E-state index contributed by atoms with van der Waals surface area (Å²) in [6.45, 7) is 9.60. The molecule has 1 heterocycles. The van der Waals surface area contributed by atoms with Crippen LogP contribution in [0.5, 0.6) is 11.5 Å². The van der Waals surface area contributed by atoms with E-state index < -0.39 is 0 Å². The number of nitrogens with zero attached hydrogens (tertiary/aromatic N) is 2. The monoisotopic (exact) mass is 406 g/mol. The van der Waals surface area contributed by atoms with E-state index in [1.807, 2.05) is 13.1 Å². The van der Waals surface area contributed by atoms with Crippen LogP contribution in [0.1, 0.15) is 32.3 Å². The van der Waals surface area contributed by atoms with Gasteiger partial charge < -0.3 is 24.8 Å². The molecule has 0 saturated carbocycles. The molecule has 7 heteroatoms. The van der Waals surface area contributed by atoms with Crippen molar-refractivity contribution in [1.29, 1.82) is 0 Å². The quantitative estimate of drug-likeness (QED) is 0.334. The lowest BCUT2D eigenvalue weighted by Gasteiger charge is -2.19. The summed E-state index contributed by atoms with van der Waals surface area (Å²) in [6, 6.07) is 6.43. The fourth-order valence-electron chi connectivity index (χ4n) is 3.36. The molecule has 0 spiro atoms. The first kappa shape index (κ1) is 23.3. The lowest BCUT2D eigenvalue weighted by atomic mass is 10.1. The predicted octanol–water partition coefficient (Wildman–Crippen LogP) is 2.51. The molecule has 1 aromatic rings. The summed E-state index contributed by atoms with van der Waals surface area (Å²) in [6.07, 6.45) is 2.19. The molecule has 29 heavy (non-hydrogen) atoms. The van der Waals surface area contributed by atoms with Gasteiger partial charge in [-0.2, -0.15) is 0 Å². The Morgan fingerprint density at radius 3 is 2.52 bits per heavy atom. The smallest absolute Gasteiger partial charge is 0.191 e. The fourth-order valence-corrected chi connectivity index (χ4v) is 3.36. The van der Waals surface area contributed by atoms with E-state index in [0.717, 1.165) is 63.1 Å². The van der Waals surface area contributed by atoms with Crippen LogP contribution in [0.25, 0.3) is 0 Å². The normalized spacial score (nSPS) is 17.6. The molecular formula is C22H38N4O3. The van der Waals surface area contributed by atoms with Gasteiger partial charge in [-0.25, -0.2) is 0 Å². The van der Waals surface area contributed by atoms with Crippen LogP contribution in [0, 0.1) is 5.92 Å². The minimum atomic E-state index is 0.385. The lowest BCUT2D eigenvalue weighted by molar-refractivity contribution is 0.128. The van der Waals surface area contributed by atoms with E-state index in [1.54, 1.807) is 14.2 Å². The van der Waals surface area contributed by atoms with E-state index in [-0.39, 0.29) is 0 Å². The number of benzene rings is 1. The second-order valence-corrected chi connectivity index (χ2v) is 7.88. The number of hydrogen-bond acceptors (Lipinski definition) is 5. The van der Waals surface area contributed by atoms with Gasteiger partial charge in [-0.1, -0.05) is 13.8 Å². The van der Waals surface area contributed by atoms with E-state index in [9.17, 15) is 0 Å². The zero-order chi connectivity index (χ0) is 21.1. The Morgan fingerprint density at radius 2 is 1.90 bits per heavy atom. The molecule has 2 N–H and O–H groups in total. The van der Waals surface area contributed by atoms with Crippen LogP contribution >= 0.6 is 0 Å². The maximum Gasteiger partial charge on any atom is 0.191 e. The number of hydrogen-bond donors (Lipinski definition) is 2. The Morgan fingerprint density at radius 1 is 1.17 bits per heavy atom. The number of ether oxygens (including phenoxy) is 3. The number of methoxy groups -OCH3 is 2. The highest BCUT2D eigenvalue weighted by Gasteiger charge is 2.23. The third-order valence-corrected chi connectivity index (χ3v) is 5.03. The van der Waals surface area contributed by atoms with E-state index in [1.165, 1.54) is 5.56 Å². The molecule has 2 rings (SSSR count). The van der Waals surface area contributed by atoms with Gasteiger partial charge in [0, 0.05) is 51.9 Å². The molecule has 0 aliphatic carbocycles. The Balaban J connectivity index is 1.73. The average molecular weight is 407 g/mol. The Hall–Kier alpha value is -1.99. The van der Waals surface area contributed by atoms with Crippen molar-refractivity contribution in [2.75, 3.05) is 54.1 Å². The number of guanidine groups is 1. The minimum absolute atomic E-state index is 0.385. The molecule has 1 atom stereocenters. The first-order valence-corrected chi connectivity index (χ1v) is 10.5. The first-order chi connectivity index (χ1) is 14.0. The highest BCUT2D eigenvalue weighted by Crippen LogP contribution is 2.24. The zero-order valence-corrected chi connectivity index (χ0v) is 18.7. The number of rotatable bonds is 11. The second kappa shape index (κ2) is 12.5. The molecule has 1 aromatic carbocycles. The van der Waals surface area contributed by atoms with Crippen molar-refractivity contribution in [2.45, 2.75) is 39.3 Å². The maximum absolute atomic E-state index is 5.66. The fraction of sp³-hybridized carbons (Fsp3) is 0.682. The Kier molecular flexibility index (Phi) is 10.1. The molecule has 0 aromatic heterocycles. The topological polar surface area (TPSA) is 67.4 Å². The van der Waals surface area contributed by atoms with Gasteiger partial charge in [-0.15, -0.1) is 0 Å². The van der Waals surface area contributed by atoms with Crippen molar-refractivity contribution in [2.24, 2.45) is 10.9 Å². The van der Waals surface area contributed by atoms with Crippen molar-refractivity contribution in [1.82, 2.24) is 15.5 Å². The lowest BCUT2D eigenvalue weighted by Crippen LogP contribution is -2.45. The maximum atomic E-state index is 5.66. The number of aliphatic imine (C=N–C) groups is 1. The summed E-state index contributed by atoms with van der Waals surface area (Å²) < 4.78 is 16.4. The molecule has 7 nitrogen and oxygen atoms in total. The Bertz CT molecular complexity index is 614. The summed E-state index contributed by atoms with van der Waals surface area (Å²) in [5, 5.41) is 6.87. The summed E-state index contributed by atoms with van der Waals surface area (Å²) in [5.41, 5.74) is 1.20. The van der Waals surface area contributed by atoms with E-state index in [0.29, 0.717) is 18.6 Å². The molecule has 1 saturated heterocycles. The van der Waals surface area contributed by atoms with Gasteiger partial charge in [0.2, 0.25) is 0 Å². The average Bonchev–Trinajstić information content (AvgIpc) is 3.15. The van der Waals surface area contributed by atoms with Gasteiger partial charge in [0.1, 0.15) is 11.5 Å². The number of likely N-dealkylation sites (tertiary alicyclic amines) is 1. The van der Waals surface area contributed by atoms with Crippen LogP contribution in [0.3, 0.4) is 0 Å². The highest BCUT2D eigenvalue weighted by atomic mass is 16.5. The first-order valence-electron chi connectivity index (χ1n) is 10.5. The predicted molar refractivity (Wildman–Crippen MR) is 118 cm³/mol. The summed E-state index contributed by atoms with van der Waals surface area (Å²) in [7, 11) is 5.18. The van der Waals surface area contributed by atoms with Crippen LogP contribution in [0.4, 0.5) is 0 Å². The molecule has 164 valence electrons. The van der Waals surface area contributed by atoms with E-state index >= 15 is 0 Å². The molecule has 0 amide bonds. The molecule has 0 radical (unpaired) electrons. The third kappa shape index (κ3) is 8.50. The van der Waals surface area contributed by atoms with Crippen LogP contribution in [-0.4, -0.2) is 71.0 Å². The second-order valence-electron chi connectivity index (χ2n) is 7.88. The standard InChI is InChI=1S/C22H38N4O3/c1-17(2)7-10-29-11-8-24-22(23-3)25-19-6-9-26(16-19)15-18-12-20(27-4)14-21(13-18)28-5/h12-14,17,19H,6-11,15-16H2,1-5H3,(H2,23,24,25). The van der Waals surface area contributed by atoms with Gasteiger partial charge in [0.25, 0.3) is 0 Å². The largest absolute Gasteiger partial charge is 0.497 e. The van der Waals surface area contributed by atoms with Gasteiger partial charge in [0.05, 0.1) is 20.8 Å². The molecule has 1 aliphatic heterocycles. The molecule has 1 unspecified atom stereocenters. The van der Waals surface area contributed by atoms with Gasteiger partial charge in [0.15, 0.2) is 5.96 Å². The van der Waals surface area contributed by atoms with Crippen molar-refractivity contribution < 1.29 is 14.2 Å². The van der Waals surface area contributed by atoms with Crippen LogP contribution in [-0.2, 0) is 11.3 Å². The Labute approximate surface area is 175 Å². The highest BCUT2D eigenvalue weighted by molar-refractivity contribution is 5.80. The summed E-state index contributed by atoms with van der Waals surface area (Å²) in [5.74, 6) is 3.18. The van der Waals surface area contributed by atoms with Gasteiger partial charge in [-0.05, 0) is 36.5 Å². The summed E-state index contributed by atoms with van der Waals surface area (Å²) in [4.78, 5) is 6.78. The van der Waals surface area contributed by atoms with Crippen molar-refractivity contribution in [3.8, 4) is 11.5 Å². The summed E-state index contributed by atoms with van der Waals surface area (Å²) >= 11 is 0. The van der Waals surface area contributed by atoms with Crippen molar-refractivity contribution >= 4 is 5.96 Å². The van der Waals surface area contributed by atoms with Crippen molar-refractivity contribution in [3.63, 3.8) is 0 Å². The van der Waals surface area contributed by atoms with Crippen LogP contribution in [0.2, 0.25) is 0 Å². The minimum Gasteiger partial charge on any atom is -0.497 e. The van der Waals surface area contributed by atoms with E-state index in [4.69, 9.17) is 14.2 Å². The SMILES string of the molecule is CN=C(NCCOCCC(C)C)NC1CCN(Cc2cc(OC)cc(OC)c2)C1. The van der Waals surface area contributed by atoms with E-state index in [2.05, 4.69) is 46.5 Å². The molecule has 1 aliphatic rings. The molecule has 0 bridgehead atoms. The van der Waals surface area contributed by atoms with Gasteiger partial charge >= 0.3 is 0 Å². The van der Waals surface area contributed by atoms with Gasteiger partial charge in [-0.3, -0.25) is 9.89 Å².